The number of ether oxygens (including phenoxy) is 2. The molecule has 11 atom stereocenters. The van der Waals surface area contributed by atoms with Gasteiger partial charge in [0.25, 0.3) is 5.56 Å². The smallest absolute Gasteiger partial charge is 0.311 e. The second-order valence-corrected chi connectivity index (χ2v) is 20.8. The second-order valence-electron chi connectivity index (χ2n) is 20.8. The Morgan fingerprint density at radius 3 is 2.40 bits per heavy atom. The summed E-state index contributed by atoms with van der Waals surface area (Å²) in [5.41, 5.74) is 1.33. The van der Waals surface area contributed by atoms with Crippen molar-refractivity contribution in [1.82, 2.24) is 9.47 Å². The lowest BCUT2D eigenvalue weighted by molar-refractivity contribution is -0.210. The molecule has 1 aromatic heterocycles. The molecule has 2 bridgehead atoms. The molecule has 0 spiro atoms. The molecule has 8 heteroatoms. The van der Waals surface area contributed by atoms with Crippen LogP contribution in [0.15, 0.2) is 34.6 Å². The summed E-state index contributed by atoms with van der Waals surface area (Å²) >= 11 is 0. The molecule has 4 saturated carbocycles. The van der Waals surface area contributed by atoms with Crippen LogP contribution < -0.4 is 5.56 Å². The molecule has 1 aromatic rings. The zero-order valence-corrected chi connectivity index (χ0v) is 33.7. The molecule has 3 heterocycles. The van der Waals surface area contributed by atoms with E-state index in [1.807, 2.05) is 10.6 Å². The van der Waals surface area contributed by atoms with E-state index >= 15 is 0 Å². The monoisotopic (exact) mass is 728 g/mol. The zero-order valence-electron chi connectivity index (χ0n) is 33.7. The summed E-state index contributed by atoms with van der Waals surface area (Å²) < 4.78 is 14.0. The van der Waals surface area contributed by atoms with Crippen LogP contribution in [0.5, 0.6) is 0 Å². The number of likely N-dealkylation sites (tertiary alicyclic amines) is 1. The Bertz CT molecular complexity index is 1800. The van der Waals surface area contributed by atoms with E-state index in [4.69, 9.17) is 9.47 Å². The van der Waals surface area contributed by atoms with Gasteiger partial charge in [-0.3, -0.25) is 24.1 Å². The number of rotatable bonds is 5. The molecule has 8 nitrogen and oxygen atoms in total. The third kappa shape index (κ3) is 5.51. The van der Waals surface area contributed by atoms with Crippen molar-refractivity contribution in [2.45, 2.75) is 138 Å². The normalized spacial score (nSPS) is 44.2. The predicted molar refractivity (Wildman–Crippen MR) is 204 cm³/mol. The van der Waals surface area contributed by atoms with Gasteiger partial charge in [0.1, 0.15) is 12.7 Å². The lowest BCUT2D eigenvalue weighted by atomic mass is 9.33. The Balaban J connectivity index is 0.990. The average molecular weight is 729 g/mol. The van der Waals surface area contributed by atoms with Gasteiger partial charge >= 0.3 is 11.9 Å². The molecule has 0 unspecified atom stereocenters. The van der Waals surface area contributed by atoms with Crippen LogP contribution in [0.2, 0.25) is 0 Å². The number of carbonyl (C=O) groups is 3. The van der Waals surface area contributed by atoms with Gasteiger partial charge in [-0.1, -0.05) is 53.2 Å². The van der Waals surface area contributed by atoms with E-state index in [2.05, 4.69) is 65.5 Å². The van der Waals surface area contributed by atoms with Crippen molar-refractivity contribution in [3.8, 4) is 0 Å². The fourth-order valence-corrected chi connectivity index (χ4v) is 14.4. The van der Waals surface area contributed by atoms with Crippen molar-refractivity contribution in [2.24, 2.45) is 56.2 Å². The van der Waals surface area contributed by atoms with Gasteiger partial charge in [-0.25, -0.2) is 0 Å². The van der Waals surface area contributed by atoms with E-state index in [-0.39, 0.29) is 68.3 Å². The van der Waals surface area contributed by atoms with Gasteiger partial charge in [0, 0.05) is 62.1 Å². The molecule has 0 amide bonds. The summed E-state index contributed by atoms with van der Waals surface area (Å²) in [6, 6.07) is 5.64. The maximum Gasteiger partial charge on any atom is 0.311 e. The number of hydrogen-bond acceptors (Lipinski definition) is 7. The quantitative estimate of drug-likeness (QED) is 0.287. The van der Waals surface area contributed by atoms with Crippen LogP contribution in [-0.4, -0.2) is 59.5 Å². The first-order chi connectivity index (χ1) is 24.8. The Hall–Kier alpha value is -2.74. The molecule has 2 aliphatic heterocycles. The first-order valence-corrected chi connectivity index (χ1v) is 20.9. The molecular formula is C45H64N2O6. The molecule has 53 heavy (non-hydrogen) atoms. The van der Waals surface area contributed by atoms with E-state index in [1.54, 1.807) is 6.07 Å². The lowest BCUT2D eigenvalue weighted by Crippen LogP contribution is -2.66. The third-order valence-electron chi connectivity index (χ3n) is 17.5. The minimum absolute atomic E-state index is 0.0592. The summed E-state index contributed by atoms with van der Waals surface area (Å²) in [5.74, 6) is 1.15. The number of ketones is 1. The number of nitrogens with zero attached hydrogens (tertiary/aromatic N) is 2. The fraction of sp³-hybridized carbons (Fsp3) is 0.778. The fourth-order valence-electron chi connectivity index (χ4n) is 14.4. The Morgan fingerprint density at radius 2 is 1.64 bits per heavy atom. The largest absolute Gasteiger partial charge is 0.464 e. The number of aromatic nitrogens is 1. The van der Waals surface area contributed by atoms with E-state index < -0.39 is 5.41 Å². The van der Waals surface area contributed by atoms with Crippen molar-refractivity contribution in [2.75, 3.05) is 26.2 Å². The highest BCUT2D eigenvalue weighted by atomic mass is 16.5. The SMILES string of the molecule is CC(=O)O[C@@H]1CC[C@]2(C)[C@H](CC[C@]3(C)[C@@H]2C(=O)C=C2[C@@H]4C[C@](C)(C(=O)OCCN5C[C@H]6C[C@@H](C5)c5cccc(=O)n5C6)CC[C@]4(C)CC[C@]23C)C1(C)C. The van der Waals surface area contributed by atoms with Crippen molar-refractivity contribution < 1.29 is 23.9 Å². The number of pyridine rings is 1. The van der Waals surface area contributed by atoms with Crippen molar-refractivity contribution in [3.05, 3.63) is 45.9 Å². The van der Waals surface area contributed by atoms with Crippen LogP contribution >= 0.6 is 0 Å². The number of carbonyl (C=O) groups excluding carboxylic acids is 3. The first kappa shape index (κ1) is 37.2. The number of hydrogen-bond donors (Lipinski definition) is 0. The zero-order chi connectivity index (χ0) is 37.9. The van der Waals surface area contributed by atoms with Crippen LogP contribution in [0.4, 0.5) is 0 Å². The van der Waals surface area contributed by atoms with Gasteiger partial charge in [-0.05, 0) is 123 Å². The summed E-state index contributed by atoms with van der Waals surface area (Å²) in [6.07, 6.45) is 11.5. The predicted octanol–water partition coefficient (Wildman–Crippen LogP) is 7.72. The highest BCUT2D eigenvalue weighted by molar-refractivity contribution is 5.95. The molecule has 5 fully saturated rings. The molecule has 1 saturated heterocycles. The van der Waals surface area contributed by atoms with Gasteiger partial charge in [-0.2, -0.15) is 0 Å². The number of esters is 2. The van der Waals surface area contributed by atoms with Gasteiger partial charge in [0.2, 0.25) is 0 Å². The summed E-state index contributed by atoms with van der Waals surface area (Å²) in [4.78, 5) is 55.9. The van der Waals surface area contributed by atoms with E-state index in [1.165, 1.54) is 12.5 Å². The van der Waals surface area contributed by atoms with E-state index in [9.17, 15) is 19.2 Å². The third-order valence-corrected chi connectivity index (χ3v) is 17.5. The van der Waals surface area contributed by atoms with Crippen LogP contribution in [-0.2, 0) is 30.4 Å². The maximum absolute atomic E-state index is 14.8. The highest BCUT2D eigenvalue weighted by Gasteiger charge is 2.70. The summed E-state index contributed by atoms with van der Waals surface area (Å²) in [6.45, 7) is 21.5. The van der Waals surface area contributed by atoms with Crippen LogP contribution in [0.3, 0.4) is 0 Å². The van der Waals surface area contributed by atoms with Crippen molar-refractivity contribution in [3.63, 3.8) is 0 Å². The summed E-state index contributed by atoms with van der Waals surface area (Å²) in [7, 11) is 0. The molecule has 8 rings (SSSR count). The molecule has 0 aromatic carbocycles. The van der Waals surface area contributed by atoms with Crippen LogP contribution in [0.1, 0.15) is 131 Å². The van der Waals surface area contributed by atoms with Gasteiger partial charge in [0.05, 0.1) is 5.41 Å². The minimum atomic E-state index is -0.592. The van der Waals surface area contributed by atoms with E-state index in [0.717, 1.165) is 89.5 Å². The average Bonchev–Trinajstić information content (AvgIpc) is 3.08. The molecule has 7 aliphatic rings. The Morgan fingerprint density at radius 1 is 0.887 bits per heavy atom. The Kier molecular flexibility index (Phi) is 8.69. The first-order valence-electron chi connectivity index (χ1n) is 20.9. The number of fused-ring (bicyclic) bond motifs is 11. The number of piperidine rings is 1. The molecule has 5 aliphatic carbocycles. The van der Waals surface area contributed by atoms with Crippen LogP contribution in [0, 0.1) is 56.2 Å². The van der Waals surface area contributed by atoms with Gasteiger partial charge < -0.3 is 14.0 Å². The highest BCUT2D eigenvalue weighted by Crippen LogP contribution is 2.75. The lowest BCUT2D eigenvalue weighted by Gasteiger charge is -2.70. The van der Waals surface area contributed by atoms with Crippen LogP contribution in [0.25, 0.3) is 0 Å². The van der Waals surface area contributed by atoms with Gasteiger partial charge in [0.15, 0.2) is 5.78 Å². The second kappa shape index (κ2) is 12.4. The summed E-state index contributed by atoms with van der Waals surface area (Å²) in [5, 5.41) is 0. The van der Waals surface area contributed by atoms with Crippen molar-refractivity contribution in [1.29, 1.82) is 0 Å². The molecule has 0 radical (unpaired) electrons. The Labute approximate surface area is 316 Å². The molecule has 0 N–H and O–H groups in total. The standard InChI is InChI=1S/C45H64N2O6/c1-28(48)53-36-13-14-43(6)35(40(36,2)3)12-15-45(8)38(43)34(49)23-31-32-24-42(5,17-16-41(32,4)18-19-44(31,45)7)39(51)52-21-20-46-25-29-22-30(27-46)33-10-9-11-37(50)47(33)26-29/h9-11,23,29-30,32,35-36,38H,12-22,24-27H2,1-8H3/t29-,30+,32+,35-,36-,38-,41-,42-,43-,44-,45-/m1/s1. The number of allylic oxidation sites excluding steroid dienone is 2. The minimum Gasteiger partial charge on any atom is -0.464 e. The molecule has 290 valence electrons. The van der Waals surface area contributed by atoms with Crippen molar-refractivity contribution >= 4 is 17.7 Å². The maximum atomic E-state index is 14.8. The topological polar surface area (TPSA) is 94.9 Å². The van der Waals surface area contributed by atoms with Gasteiger partial charge in [-0.15, -0.1) is 0 Å². The molecular weight excluding hydrogens is 665 g/mol. The van der Waals surface area contributed by atoms with E-state index in [0.29, 0.717) is 30.9 Å².